The van der Waals surface area contributed by atoms with Crippen LogP contribution >= 0.6 is 10.8 Å². The third kappa shape index (κ3) is 4.44. The lowest BCUT2D eigenvalue weighted by Gasteiger charge is -2.36. The van der Waals surface area contributed by atoms with Gasteiger partial charge in [0.1, 0.15) is 0 Å². The highest BCUT2D eigenvalue weighted by Gasteiger charge is 2.54. The molecule has 0 saturated heterocycles. The Labute approximate surface area is 206 Å². The van der Waals surface area contributed by atoms with Crippen molar-refractivity contribution >= 4 is 46.1 Å². The monoisotopic (exact) mass is 526 g/mol. The van der Waals surface area contributed by atoms with Crippen LogP contribution in [0, 0.1) is 0 Å². The second-order valence-corrected chi connectivity index (χ2v) is 16.1. The van der Waals surface area contributed by atoms with E-state index in [1.807, 2.05) is 37.2 Å². The number of hydroxylamine groups is 2. The molecule has 1 aliphatic rings. The lowest BCUT2D eigenvalue weighted by molar-refractivity contribution is -0.241. The van der Waals surface area contributed by atoms with Crippen molar-refractivity contribution in [2.45, 2.75) is 43.7 Å². The molecular weight excluding hydrogens is 494 g/mol. The van der Waals surface area contributed by atoms with E-state index in [-0.39, 0.29) is 10.6 Å². The Bertz CT molecular complexity index is 1360. The second-order valence-electron chi connectivity index (χ2n) is 9.70. The van der Waals surface area contributed by atoms with Gasteiger partial charge in [0.15, 0.2) is 8.87 Å². The van der Waals surface area contributed by atoms with Gasteiger partial charge in [-0.3, -0.25) is 4.31 Å². The van der Waals surface area contributed by atoms with Crippen molar-refractivity contribution in [3.8, 4) is 0 Å². The summed E-state index contributed by atoms with van der Waals surface area (Å²) in [4.78, 5) is 2.04. The van der Waals surface area contributed by atoms with Gasteiger partial charge in [-0.2, -0.15) is 0 Å². The molecule has 0 N–H and O–H groups in total. The van der Waals surface area contributed by atoms with Crippen LogP contribution in [0.1, 0.15) is 27.7 Å². The van der Waals surface area contributed by atoms with Crippen molar-refractivity contribution in [2.24, 2.45) is 0 Å². The highest BCUT2D eigenvalue weighted by molar-refractivity contribution is 8.71. The first-order valence-electron chi connectivity index (χ1n) is 10.7. The van der Waals surface area contributed by atoms with Crippen molar-refractivity contribution < 1.29 is 22.0 Å². The van der Waals surface area contributed by atoms with E-state index >= 15 is 0 Å². The zero-order valence-electron chi connectivity index (χ0n) is 20.8. The van der Waals surface area contributed by atoms with Gasteiger partial charge in [0.2, 0.25) is 0 Å². The van der Waals surface area contributed by atoms with E-state index in [9.17, 15) is 22.0 Å². The molecular formula is C23H32N3O5S3. The van der Waals surface area contributed by atoms with Gasteiger partial charge >= 0.3 is 0 Å². The van der Waals surface area contributed by atoms with Gasteiger partial charge in [-0.25, -0.2) is 16.8 Å². The molecule has 3 rings (SSSR count). The average molecular weight is 527 g/mol. The molecule has 0 unspecified atom stereocenters. The molecule has 2 aromatic carbocycles. The standard InChI is InChI=1S/C23H32N3O5S3/c1-22(2)18(15-32-33(8,28)29)21(23(3,4)26(22)27)25(7)34(30,31)20-14-10-11-16-17(20)12-9-13-19(16)24(5)6/h9-14H,15H2,1-8H3. The number of anilines is 1. The SMILES string of the molecule is CN(C)c1cccc2c(S(=O)(=O)N(C)C3=C(CSS(C)(=O)=O)C(C)(C)N([O])C3(C)C)cccc12. The summed E-state index contributed by atoms with van der Waals surface area (Å²) in [6, 6.07) is 10.6. The largest absolute Gasteiger partial charge is 0.377 e. The highest BCUT2D eigenvalue weighted by atomic mass is 33.1. The third-order valence-corrected chi connectivity index (χ3v) is 10.6. The van der Waals surface area contributed by atoms with Gasteiger partial charge in [-0.1, -0.05) is 24.3 Å². The van der Waals surface area contributed by atoms with Crippen molar-refractivity contribution in [3.63, 3.8) is 0 Å². The van der Waals surface area contributed by atoms with Crippen LogP contribution in [0.25, 0.3) is 10.8 Å². The van der Waals surface area contributed by atoms with Gasteiger partial charge in [0, 0.05) is 49.6 Å². The van der Waals surface area contributed by atoms with Gasteiger partial charge in [0.25, 0.3) is 10.0 Å². The molecule has 0 atom stereocenters. The summed E-state index contributed by atoms with van der Waals surface area (Å²) in [6.45, 7) is 6.70. The summed E-state index contributed by atoms with van der Waals surface area (Å²) in [6.07, 6.45) is 1.10. The molecule has 0 bridgehead atoms. The first-order valence-corrected chi connectivity index (χ1v) is 15.5. The number of hydrogen-bond donors (Lipinski definition) is 0. The molecule has 8 nitrogen and oxygen atoms in total. The van der Waals surface area contributed by atoms with Gasteiger partial charge in [-0.05, 0) is 56.2 Å². The summed E-state index contributed by atoms with van der Waals surface area (Å²) in [5, 5.41) is 15.5. The third-order valence-electron chi connectivity index (χ3n) is 6.33. The smallest absolute Gasteiger partial charge is 0.264 e. The normalized spacial score (nSPS) is 18.5. The van der Waals surface area contributed by atoms with E-state index < -0.39 is 30.0 Å². The molecule has 0 amide bonds. The predicted octanol–water partition coefficient (Wildman–Crippen LogP) is 3.69. The quantitative estimate of drug-likeness (QED) is 0.508. The van der Waals surface area contributed by atoms with Crippen LogP contribution in [0.4, 0.5) is 5.69 Å². The summed E-state index contributed by atoms with van der Waals surface area (Å²) >= 11 is 0. The maximum Gasteiger partial charge on any atom is 0.264 e. The van der Waals surface area contributed by atoms with E-state index in [0.717, 1.165) is 26.7 Å². The molecule has 0 fully saturated rings. The summed E-state index contributed by atoms with van der Waals surface area (Å²) in [5.41, 5.74) is -0.628. The van der Waals surface area contributed by atoms with Crippen LogP contribution in [-0.4, -0.2) is 70.4 Å². The zero-order valence-corrected chi connectivity index (χ0v) is 23.2. The number of benzene rings is 2. The van der Waals surface area contributed by atoms with Crippen LogP contribution in [0.3, 0.4) is 0 Å². The fourth-order valence-corrected chi connectivity index (χ4v) is 8.10. The van der Waals surface area contributed by atoms with Crippen LogP contribution in [-0.2, 0) is 24.1 Å². The Morgan fingerprint density at radius 2 is 1.44 bits per heavy atom. The molecule has 0 saturated carbocycles. The number of fused-ring (bicyclic) bond motifs is 1. The number of sulfonamides is 1. The molecule has 0 aliphatic carbocycles. The maximum atomic E-state index is 14.0. The minimum atomic E-state index is -4.09. The van der Waals surface area contributed by atoms with E-state index in [1.54, 1.807) is 45.9 Å². The van der Waals surface area contributed by atoms with Crippen molar-refractivity contribution in [1.82, 2.24) is 9.37 Å². The zero-order chi connectivity index (χ0) is 25.9. The minimum absolute atomic E-state index is 0.0104. The fraction of sp³-hybridized carbons (Fsp3) is 0.478. The molecule has 1 heterocycles. The fourth-order valence-electron chi connectivity index (χ4n) is 4.71. The number of hydrogen-bond acceptors (Lipinski definition) is 7. The first kappa shape index (κ1) is 26.8. The lowest BCUT2D eigenvalue weighted by atomic mass is 9.96. The maximum absolute atomic E-state index is 14.0. The van der Waals surface area contributed by atoms with Crippen molar-refractivity contribution in [1.29, 1.82) is 0 Å². The van der Waals surface area contributed by atoms with Crippen molar-refractivity contribution in [2.75, 3.05) is 38.1 Å². The molecule has 1 radical (unpaired) electrons. The molecule has 11 heteroatoms. The van der Waals surface area contributed by atoms with E-state index in [4.69, 9.17) is 0 Å². The Balaban J connectivity index is 2.25. The Morgan fingerprint density at radius 3 is 2.00 bits per heavy atom. The molecule has 0 spiro atoms. The lowest BCUT2D eigenvalue weighted by Crippen LogP contribution is -2.49. The molecule has 1 aliphatic heterocycles. The first-order chi connectivity index (χ1) is 15.4. The highest BCUT2D eigenvalue weighted by Crippen LogP contribution is 2.48. The summed E-state index contributed by atoms with van der Waals surface area (Å²) < 4.78 is 52.9. The van der Waals surface area contributed by atoms with Crippen LogP contribution in [0.5, 0.6) is 0 Å². The van der Waals surface area contributed by atoms with Gasteiger partial charge < -0.3 is 4.90 Å². The Kier molecular flexibility index (Phi) is 6.86. The number of rotatable bonds is 7. The van der Waals surface area contributed by atoms with Crippen LogP contribution in [0.2, 0.25) is 0 Å². The molecule has 2 aromatic rings. The van der Waals surface area contributed by atoms with Crippen LogP contribution < -0.4 is 4.90 Å². The number of likely N-dealkylation sites (N-methyl/N-ethyl adjacent to an activating group) is 1. The topological polar surface area (TPSA) is 97.9 Å². The molecule has 0 aromatic heterocycles. The van der Waals surface area contributed by atoms with Gasteiger partial charge in [-0.15, -0.1) is 10.3 Å². The summed E-state index contributed by atoms with van der Waals surface area (Å²) in [7, 11) is -1.58. The Morgan fingerprint density at radius 1 is 0.882 bits per heavy atom. The second kappa shape index (κ2) is 8.70. The number of nitrogens with zero attached hydrogens (tertiary/aromatic N) is 3. The minimum Gasteiger partial charge on any atom is -0.377 e. The average Bonchev–Trinajstić information content (AvgIpc) is 2.86. The van der Waals surface area contributed by atoms with E-state index in [1.165, 1.54) is 7.05 Å². The van der Waals surface area contributed by atoms with Crippen molar-refractivity contribution in [3.05, 3.63) is 47.7 Å². The van der Waals surface area contributed by atoms with Crippen LogP contribution in [0.15, 0.2) is 52.6 Å². The Hall–Kier alpha value is -1.79. The van der Waals surface area contributed by atoms with E-state index in [2.05, 4.69) is 0 Å². The predicted molar refractivity (Wildman–Crippen MR) is 138 cm³/mol. The van der Waals surface area contributed by atoms with Gasteiger partial charge in [0.05, 0.1) is 21.7 Å². The summed E-state index contributed by atoms with van der Waals surface area (Å²) in [5.74, 6) is -0.0104. The van der Waals surface area contributed by atoms with E-state index in [0.29, 0.717) is 27.5 Å². The molecule has 34 heavy (non-hydrogen) atoms. The molecule has 187 valence electrons.